The zero-order valence-electron chi connectivity index (χ0n) is 15.0. The Kier molecular flexibility index (Phi) is 5.11. The van der Waals surface area contributed by atoms with Crippen LogP contribution >= 0.6 is 0 Å². The minimum atomic E-state index is -0.217. The molecule has 1 N–H and O–H groups in total. The highest BCUT2D eigenvalue weighted by Gasteiger charge is 2.16. The third-order valence-electron chi connectivity index (χ3n) is 5.10. The Bertz CT molecular complexity index is 749. The highest BCUT2D eigenvalue weighted by Crippen LogP contribution is 2.18. The lowest BCUT2D eigenvalue weighted by Crippen LogP contribution is -2.21. The Morgan fingerprint density at radius 3 is 2.38 bits per heavy atom. The fourth-order valence-electron chi connectivity index (χ4n) is 3.65. The van der Waals surface area contributed by atoms with Gasteiger partial charge in [0.1, 0.15) is 11.5 Å². The first-order valence-corrected chi connectivity index (χ1v) is 9.47. The van der Waals surface area contributed by atoms with Crippen LogP contribution in [0.5, 0.6) is 0 Å². The van der Waals surface area contributed by atoms with E-state index in [0.717, 1.165) is 31.1 Å². The maximum absolute atomic E-state index is 12.5. The van der Waals surface area contributed by atoms with Crippen molar-refractivity contribution in [2.45, 2.75) is 32.2 Å². The van der Waals surface area contributed by atoms with Crippen LogP contribution in [0.15, 0.2) is 36.7 Å². The second kappa shape index (κ2) is 7.83. The SMILES string of the molecule is O=C(Nc1ccc(CN2CCCC2)cc1)c1cncc(N2CCCC2)n1. The lowest BCUT2D eigenvalue weighted by molar-refractivity contribution is 0.102. The van der Waals surface area contributed by atoms with Gasteiger partial charge in [-0.05, 0) is 56.5 Å². The Balaban J connectivity index is 1.38. The molecule has 0 atom stereocenters. The van der Waals surface area contributed by atoms with Crippen molar-refractivity contribution in [2.24, 2.45) is 0 Å². The number of carbonyl (C=O) groups excluding carboxylic acids is 1. The monoisotopic (exact) mass is 351 g/mol. The molecule has 0 aliphatic carbocycles. The average molecular weight is 351 g/mol. The number of anilines is 2. The molecule has 0 bridgehead atoms. The Labute approximate surface area is 154 Å². The topological polar surface area (TPSA) is 61.4 Å². The number of hydrogen-bond acceptors (Lipinski definition) is 5. The number of carbonyl (C=O) groups is 1. The van der Waals surface area contributed by atoms with Crippen LogP contribution in [0.4, 0.5) is 11.5 Å². The Hall–Kier alpha value is -2.47. The summed E-state index contributed by atoms with van der Waals surface area (Å²) in [6, 6.07) is 8.09. The molecule has 2 aromatic rings. The maximum Gasteiger partial charge on any atom is 0.275 e. The third-order valence-corrected chi connectivity index (χ3v) is 5.10. The van der Waals surface area contributed by atoms with E-state index < -0.39 is 0 Å². The number of rotatable bonds is 5. The highest BCUT2D eigenvalue weighted by molar-refractivity contribution is 6.02. The van der Waals surface area contributed by atoms with E-state index in [9.17, 15) is 4.79 Å². The van der Waals surface area contributed by atoms with Crippen molar-refractivity contribution in [3.05, 3.63) is 47.9 Å². The van der Waals surface area contributed by atoms with Crippen LogP contribution in [0.25, 0.3) is 0 Å². The molecule has 2 aliphatic heterocycles. The lowest BCUT2D eigenvalue weighted by Gasteiger charge is -2.16. The molecule has 6 heteroatoms. The average Bonchev–Trinajstić information content (AvgIpc) is 3.37. The van der Waals surface area contributed by atoms with Crippen LogP contribution in [0, 0.1) is 0 Å². The van der Waals surface area contributed by atoms with Gasteiger partial charge in [-0.1, -0.05) is 12.1 Å². The fourth-order valence-corrected chi connectivity index (χ4v) is 3.65. The number of aromatic nitrogens is 2. The first-order valence-electron chi connectivity index (χ1n) is 9.47. The quantitative estimate of drug-likeness (QED) is 0.897. The summed E-state index contributed by atoms with van der Waals surface area (Å²) in [5.41, 5.74) is 2.42. The first-order chi connectivity index (χ1) is 12.8. The van der Waals surface area contributed by atoms with E-state index in [1.54, 1.807) is 6.20 Å². The van der Waals surface area contributed by atoms with Crippen LogP contribution in [-0.4, -0.2) is 47.0 Å². The number of likely N-dealkylation sites (tertiary alicyclic amines) is 1. The van der Waals surface area contributed by atoms with Crippen molar-refractivity contribution in [2.75, 3.05) is 36.4 Å². The van der Waals surface area contributed by atoms with Crippen molar-refractivity contribution in [3.63, 3.8) is 0 Å². The van der Waals surface area contributed by atoms with Gasteiger partial charge in [-0.3, -0.25) is 14.7 Å². The van der Waals surface area contributed by atoms with Crippen molar-refractivity contribution in [1.82, 2.24) is 14.9 Å². The number of nitrogens with one attached hydrogen (secondary N) is 1. The van der Waals surface area contributed by atoms with E-state index in [-0.39, 0.29) is 5.91 Å². The van der Waals surface area contributed by atoms with Gasteiger partial charge in [0.05, 0.1) is 12.4 Å². The summed E-state index contributed by atoms with van der Waals surface area (Å²) in [5.74, 6) is 0.571. The largest absolute Gasteiger partial charge is 0.355 e. The van der Waals surface area contributed by atoms with E-state index in [0.29, 0.717) is 5.69 Å². The maximum atomic E-state index is 12.5. The Morgan fingerprint density at radius 2 is 1.65 bits per heavy atom. The highest BCUT2D eigenvalue weighted by atomic mass is 16.1. The van der Waals surface area contributed by atoms with E-state index >= 15 is 0 Å². The zero-order chi connectivity index (χ0) is 17.8. The molecule has 1 aromatic carbocycles. The molecule has 0 saturated carbocycles. The normalized spacial score (nSPS) is 17.6. The molecule has 3 heterocycles. The molecule has 1 amide bonds. The summed E-state index contributed by atoms with van der Waals surface area (Å²) < 4.78 is 0. The van der Waals surface area contributed by atoms with E-state index in [4.69, 9.17) is 0 Å². The molecule has 0 unspecified atom stereocenters. The number of benzene rings is 1. The predicted octanol–water partition coefficient (Wildman–Crippen LogP) is 2.92. The van der Waals surface area contributed by atoms with Crippen LogP contribution in [0.2, 0.25) is 0 Å². The molecule has 6 nitrogen and oxygen atoms in total. The van der Waals surface area contributed by atoms with Gasteiger partial charge in [0.25, 0.3) is 5.91 Å². The summed E-state index contributed by atoms with van der Waals surface area (Å²) in [7, 11) is 0. The number of nitrogens with zero attached hydrogens (tertiary/aromatic N) is 4. The summed E-state index contributed by atoms with van der Waals surface area (Å²) >= 11 is 0. The lowest BCUT2D eigenvalue weighted by atomic mass is 10.2. The van der Waals surface area contributed by atoms with Crippen molar-refractivity contribution < 1.29 is 4.79 Å². The van der Waals surface area contributed by atoms with Crippen LogP contribution < -0.4 is 10.2 Å². The molecule has 26 heavy (non-hydrogen) atoms. The zero-order valence-corrected chi connectivity index (χ0v) is 15.0. The van der Waals surface area contributed by atoms with Gasteiger partial charge in [-0.15, -0.1) is 0 Å². The van der Waals surface area contributed by atoms with Crippen LogP contribution in [0.3, 0.4) is 0 Å². The molecule has 136 valence electrons. The predicted molar refractivity (Wildman–Crippen MR) is 102 cm³/mol. The van der Waals surface area contributed by atoms with Crippen molar-refractivity contribution in [3.8, 4) is 0 Å². The fraction of sp³-hybridized carbons (Fsp3) is 0.450. The van der Waals surface area contributed by atoms with E-state index in [2.05, 4.69) is 37.2 Å². The first kappa shape index (κ1) is 17.0. The molecular formula is C20H25N5O. The van der Waals surface area contributed by atoms with Gasteiger partial charge in [0.15, 0.2) is 0 Å². The molecular weight excluding hydrogens is 326 g/mol. The van der Waals surface area contributed by atoms with Gasteiger partial charge in [0, 0.05) is 25.3 Å². The molecule has 0 radical (unpaired) electrons. The number of amides is 1. The Morgan fingerprint density at radius 1 is 0.962 bits per heavy atom. The standard InChI is InChI=1S/C20H25N5O/c26-20(18-13-21-14-19(23-18)25-11-3-4-12-25)22-17-7-5-16(6-8-17)15-24-9-1-2-10-24/h5-8,13-14H,1-4,9-12,15H2,(H,22,26). The molecule has 4 rings (SSSR count). The minimum absolute atomic E-state index is 0.217. The van der Waals surface area contributed by atoms with Crippen molar-refractivity contribution >= 4 is 17.4 Å². The summed E-state index contributed by atoms with van der Waals surface area (Å²) in [5, 5.41) is 2.92. The molecule has 2 saturated heterocycles. The minimum Gasteiger partial charge on any atom is -0.355 e. The summed E-state index contributed by atoms with van der Waals surface area (Å²) in [6.07, 6.45) is 8.19. The smallest absolute Gasteiger partial charge is 0.275 e. The van der Waals surface area contributed by atoms with Gasteiger partial charge < -0.3 is 10.2 Å². The van der Waals surface area contributed by atoms with Gasteiger partial charge in [0.2, 0.25) is 0 Å². The third kappa shape index (κ3) is 4.02. The summed E-state index contributed by atoms with van der Waals surface area (Å²) in [6.45, 7) is 5.32. The molecule has 0 spiro atoms. The van der Waals surface area contributed by atoms with Crippen LogP contribution in [-0.2, 0) is 6.54 Å². The number of hydrogen-bond donors (Lipinski definition) is 1. The van der Waals surface area contributed by atoms with Gasteiger partial charge >= 0.3 is 0 Å². The molecule has 2 aliphatic rings. The summed E-state index contributed by atoms with van der Waals surface area (Å²) in [4.78, 5) is 25.8. The molecule has 2 fully saturated rings. The second-order valence-electron chi connectivity index (χ2n) is 7.09. The molecule has 1 aromatic heterocycles. The van der Waals surface area contributed by atoms with Crippen molar-refractivity contribution in [1.29, 1.82) is 0 Å². The van der Waals surface area contributed by atoms with Gasteiger partial charge in [-0.25, -0.2) is 4.98 Å². The van der Waals surface area contributed by atoms with E-state index in [1.165, 1.54) is 50.5 Å². The van der Waals surface area contributed by atoms with Gasteiger partial charge in [-0.2, -0.15) is 0 Å². The van der Waals surface area contributed by atoms with Crippen LogP contribution in [0.1, 0.15) is 41.7 Å². The van der Waals surface area contributed by atoms with E-state index in [1.807, 2.05) is 12.1 Å². The second-order valence-corrected chi connectivity index (χ2v) is 7.09.